The van der Waals surface area contributed by atoms with E-state index in [0.717, 1.165) is 12.8 Å². The molecule has 0 aromatic carbocycles. The van der Waals surface area contributed by atoms with Crippen molar-refractivity contribution in [2.75, 3.05) is 13.1 Å². The topological polar surface area (TPSA) is 57.6 Å². The number of amides is 1. The molecule has 0 aromatic heterocycles. The Balaban J connectivity index is 2.31. The van der Waals surface area contributed by atoms with Crippen molar-refractivity contribution in [1.29, 1.82) is 0 Å². The zero-order chi connectivity index (χ0) is 11.4. The number of carboxylic acids is 1. The zero-order valence-corrected chi connectivity index (χ0v) is 9.40. The van der Waals surface area contributed by atoms with Crippen molar-refractivity contribution in [3.05, 3.63) is 0 Å². The Morgan fingerprint density at radius 2 is 2.27 bits per heavy atom. The van der Waals surface area contributed by atoms with Crippen LogP contribution in [-0.4, -0.2) is 35.0 Å². The number of hydrogen-bond acceptors (Lipinski definition) is 2. The van der Waals surface area contributed by atoms with Gasteiger partial charge in [-0.05, 0) is 18.8 Å². The van der Waals surface area contributed by atoms with Crippen molar-refractivity contribution in [3.8, 4) is 0 Å². The van der Waals surface area contributed by atoms with Crippen molar-refractivity contribution in [2.45, 2.75) is 33.1 Å². The molecule has 1 heterocycles. The summed E-state index contributed by atoms with van der Waals surface area (Å²) in [4.78, 5) is 23.8. The molecule has 1 rings (SSSR count). The molecule has 15 heavy (non-hydrogen) atoms. The molecule has 4 heteroatoms. The monoisotopic (exact) mass is 213 g/mol. The fourth-order valence-corrected chi connectivity index (χ4v) is 1.84. The van der Waals surface area contributed by atoms with E-state index in [1.807, 2.05) is 0 Å². The molecule has 4 nitrogen and oxygen atoms in total. The third kappa shape index (κ3) is 3.53. The van der Waals surface area contributed by atoms with Crippen LogP contribution in [0.1, 0.15) is 33.1 Å². The molecular weight excluding hydrogens is 194 g/mol. The second kappa shape index (κ2) is 5.14. The normalized spacial score (nSPS) is 21.4. The molecule has 0 aliphatic carbocycles. The average Bonchev–Trinajstić information content (AvgIpc) is 2.47. The molecule has 1 amide bonds. The summed E-state index contributed by atoms with van der Waals surface area (Å²) in [6.07, 6.45) is 2.23. The standard InChI is InChI=1S/C11H19NO3/c1-8(2)4-3-5-12-7-9(11(14)15)6-10(12)13/h8-9H,3-7H2,1-2H3,(H,14,15). The van der Waals surface area contributed by atoms with Crippen LogP contribution in [0.3, 0.4) is 0 Å². The van der Waals surface area contributed by atoms with Gasteiger partial charge in [0, 0.05) is 19.5 Å². The van der Waals surface area contributed by atoms with Crippen LogP contribution in [-0.2, 0) is 9.59 Å². The predicted octanol–water partition coefficient (Wildman–Crippen LogP) is 1.36. The van der Waals surface area contributed by atoms with E-state index >= 15 is 0 Å². The molecule has 0 saturated carbocycles. The van der Waals surface area contributed by atoms with Crippen LogP contribution >= 0.6 is 0 Å². The first-order valence-electron chi connectivity index (χ1n) is 5.51. The highest BCUT2D eigenvalue weighted by Gasteiger charge is 2.33. The van der Waals surface area contributed by atoms with Gasteiger partial charge in [0.05, 0.1) is 5.92 Å². The number of nitrogens with zero attached hydrogens (tertiary/aromatic N) is 1. The molecule has 1 saturated heterocycles. The Bertz CT molecular complexity index is 250. The highest BCUT2D eigenvalue weighted by Crippen LogP contribution is 2.18. The summed E-state index contributed by atoms with van der Waals surface area (Å²) < 4.78 is 0. The average molecular weight is 213 g/mol. The number of aliphatic carboxylic acids is 1. The molecule has 1 fully saturated rings. The van der Waals surface area contributed by atoms with Crippen molar-refractivity contribution in [3.63, 3.8) is 0 Å². The maximum atomic E-state index is 11.4. The van der Waals surface area contributed by atoms with E-state index in [0.29, 0.717) is 19.0 Å². The van der Waals surface area contributed by atoms with Crippen LogP contribution in [0.2, 0.25) is 0 Å². The van der Waals surface area contributed by atoms with E-state index in [1.54, 1.807) is 4.90 Å². The van der Waals surface area contributed by atoms with Crippen LogP contribution in [0.5, 0.6) is 0 Å². The third-order valence-electron chi connectivity index (χ3n) is 2.77. The van der Waals surface area contributed by atoms with Crippen molar-refractivity contribution in [1.82, 2.24) is 4.90 Å². The highest BCUT2D eigenvalue weighted by atomic mass is 16.4. The van der Waals surface area contributed by atoms with Gasteiger partial charge in [-0.2, -0.15) is 0 Å². The molecule has 0 radical (unpaired) electrons. The van der Waals surface area contributed by atoms with E-state index in [2.05, 4.69) is 13.8 Å². The van der Waals surface area contributed by atoms with Crippen molar-refractivity contribution in [2.24, 2.45) is 11.8 Å². The molecule has 1 unspecified atom stereocenters. The van der Waals surface area contributed by atoms with Gasteiger partial charge in [-0.3, -0.25) is 9.59 Å². The molecule has 1 atom stereocenters. The van der Waals surface area contributed by atoms with Crippen molar-refractivity contribution < 1.29 is 14.7 Å². The second-order valence-corrected chi connectivity index (χ2v) is 4.62. The Kier molecular flexibility index (Phi) is 4.12. The minimum Gasteiger partial charge on any atom is -0.481 e. The number of rotatable bonds is 5. The van der Waals surface area contributed by atoms with E-state index < -0.39 is 11.9 Å². The highest BCUT2D eigenvalue weighted by molar-refractivity contribution is 5.86. The number of carboxylic acid groups (broad SMARTS) is 1. The molecule has 1 aliphatic heterocycles. The summed E-state index contributed by atoms with van der Waals surface area (Å²) in [7, 11) is 0. The quantitative estimate of drug-likeness (QED) is 0.750. The van der Waals surface area contributed by atoms with Gasteiger partial charge in [0.15, 0.2) is 0 Å². The van der Waals surface area contributed by atoms with Crippen LogP contribution in [0, 0.1) is 11.8 Å². The van der Waals surface area contributed by atoms with Gasteiger partial charge in [0.25, 0.3) is 0 Å². The largest absolute Gasteiger partial charge is 0.481 e. The second-order valence-electron chi connectivity index (χ2n) is 4.62. The van der Waals surface area contributed by atoms with E-state index in [-0.39, 0.29) is 12.3 Å². The van der Waals surface area contributed by atoms with Crippen LogP contribution in [0.4, 0.5) is 0 Å². The smallest absolute Gasteiger partial charge is 0.308 e. The van der Waals surface area contributed by atoms with Gasteiger partial charge in [0.1, 0.15) is 0 Å². The Morgan fingerprint density at radius 3 is 2.73 bits per heavy atom. The Labute approximate surface area is 90.3 Å². The lowest BCUT2D eigenvalue weighted by atomic mass is 10.1. The maximum absolute atomic E-state index is 11.4. The first-order chi connectivity index (χ1) is 7.00. The number of hydrogen-bond donors (Lipinski definition) is 1. The minimum absolute atomic E-state index is 0.00819. The van der Waals surface area contributed by atoms with Gasteiger partial charge in [0.2, 0.25) is 5.91 Å². The van der Waals surface area contributed by atoms with E-state index in [9.17, 15) is 9.59 Å². The van der Waals surface area contributed by atoms with Crippen LogP contribution < -0.4 is 0 Å². The fourth-order valence-electron chi connectivity index (χ4n) is 1.84. The predicted molar refractivity (Wildman–Crippen MR) is 56.4 cm³/mol. The summed E-state index contributed by atoms with van der Waals surface area (Å²) >= 11 is 0. The summed E-state index contributed by atoms with van der Waals surface area (Å²) in [6.45, 7) is 5.39. The molecule has 86 valence electrons. The zero-order valence-electron chi connectivity index (χ0n) is 9.40. The van der Waals surface area contributed by atoms with E-state index in [1.165, 1.54) is 0 Å². The van der Waals surface area contributed by atoms with E-state index in [4.69, 9.17) is 5.11 Å². The third-order valence-corrected chi connectivity index (χ3v) is 2.77. The van der Waals surface area contributed by atoms with Crippen LogP contribution in [0.15, 0.2) is 0 Å². The molecule has 1 aliphatic rings. The molecular formula is C11H19NO3. The molecule has 0 spiro atoms. The van der Waals surface area contributed by atoms with Gasteiger partial charge < -0.3 is 10.0 Å². The number of carbonyl (C=O) groups excluding carboxylic acids is 1. The lowest BCUT2D eigenvalue weighted by Gasteiger charge is -2.16. The summed E-state index contributed by atoms with van der Waals surface area (Å²) in [5.41, 5.74) is 0. The lowest BCUT2D eigenvalue weighted by molar-refractivity contribution is -0.141. The van der Waals surface area contributed by atoms with Gasteiger partial charge in [-0.1, -0.05) is 13.8 Å². The summed E-state index contributed by atoms with van der Waals surface area (Å²) in [5.74, 6) is -0.713. The van der Waals surface area contributed by atoms with Gasteiger partial charge in [-0.25, -0.2) is 0 Å². The summed E-state index contributed by atoms with van der Waals surface area (Å²) in [5, 5.41) is 8.78. The van der Waals surface area contributed by atoms with Crippen molar-refractivity contribution >= 4 is 11.9 Å². The van der Waals surface area contributed by atoms with Gasteiger partial charge >= 0.3 is 5.97 Å². The van der Waals surface area contributed by atoms with Gasteiger partial charge in [-0.15, -0.1) is 0 Å². The lowest BCUT2D eigenvalue weighted by Crippen LogP contribution is -2.27. The molecule has 0 bridgehead atoms. The van der Waals surface area contributed by atoms with Crippen LogP contribution in [0.25, 0.3) is 0 Å². The Hall–Kier alpha value is -1.06. The maximum Gasteiger partial charge on any atom is 0.308 e. The first kappa shape index (κ1) is 12.0. The summed E-state index contributed by atoms with van der Waals surface area (Å²) in [6, 6.07) is 0. The molecule has 0 aromatic rings. The SMILES string of the molecule is CC(C)CCCN1CC(C(=O)O)CC1=O. The Morgan fingerprint density at radius 1 is 1.60 bits per heavy atom. The molecule has 1 N–H and O–H groups in total. The number of carbonyl (C=O) groups is 2. The number of likely N-dealkylation sites (tertiary alicyclic amines) is 1. The minimum atomic E-state index is -0.852. The fraction of sp³-hybridized carbons (Fsp3) is 0.818. The first-order valence-corrected chi connectivity index (χ1v) is 5.51.